The fourth-order valence-corrected chi connectivity index (χ4v) is 3.30. The predicted octanol–water partition coefficient (Wildman–Crippen LogP) is 3.02. The molecule has 1 fully saturated rings. The van der Waals surface area contributed by atoms with Crippen molar-refractivity contribution in [1.82, 2.24) is 0 Å². The number of methoxy groups -OCH3 is 3. The first-order chi connectivity index (χ1) is 13.5. The SMILES string of the molecule is COc1cc(CC(=O)Nc2cccc(N3CCCC3=O)c2)cc(OC)c1OC. The summed E-state index contributed by atoms with van der Waals surface area (Å²) in [6.45, 7) is 0.710. The quantitative estimate of drug-likeness (QED) is 0.794. The molecule has 0 bridgehead atoms. The minimum Gasteiger partial charge on any atom is -0.493 e. The number of nitrogens with zero attached hydrogens (tertiary/aromatic N) is 1. The van der Waals surface area contributed by atoms with Crippen LogP contribution in [0, 0.1) is 0 Å². The molecule has 1 aliphatic rings. The van der Waals surface area contributed by atoms with Gasteiger partial charge >= 0.3 is 0 Å². The van der Waals surface area contributed by atoms with Gasteiger partial charge in [0.25, 0.3) is 0 Å². The largest absolute Gasteiger partial charge is 0.493 e. The number of amides is 2. The molecule has 0 atom stereocenters. The second-order valence-corrected chi connectivity index (χ2v) is 6.46. The number of nitrogens with one attached hydrogen (secondary N) is 1. The number of carbonyl (C=O) groups excluding carboxylic acids is 2. The standard InChI is InChI=1S/C21H24N2O5/c1-26-17-10-14(11-18(27-2)21(17)28-3)12-19(24)22-15-6-4-7-16(13-15)23-9-5-8-20(23)25/h4,6-7,10-11,13H,5,8-9,12H2,1-3H3,(H,22,24). The van der Waals surface area contributed by atoms with Crippen LogP contribution in [0.5, 0.6) is 17.2 Å². The summed E-state index contributed by atoms with van der Waals surface area (Å²) >= 11 is 0. The van der Waals surface area contributed by atoms with E-state index in [1.807, 2.05) is 18.2 Å². The Morgan fingerprint density at radius 3 is 2.36 bits per heavy atom. The molecule has 1 aliphatic heterocycles. The third kappa shape index (κ3) is 4.19. The number of ether oxygens (including phenoxy) is 3. The molecule has 1 N–H and O–H groups in total. The number of benzene rings is 2. The van der Waals surface area contributed by atoms with Crippen molar-refractivity contribution in [1.29, 1.82) is 0 Å². The highest BCUT2D eigenvalue weighted by atomic mass is 16.5. The topological polar surface area (TPSA) is 77.1 Å². The molecule has 1 heterocycles. The molecular weight excluding hydrogens is 360 g/mol. The third-order valence-electron chi connectivity index (χ3n) is 4.60. The molecule has 0 unspecified atom stereocenters. The summed E-state index contributed by atoms with van der Waals surface area (Å²) in [6, 6.07) is 10.8. The van der Waals surface area contributed by atoms with Crippen LogP contribution in [0.15, 0.2) is 36.4 Å². The Morgan fingerprint density at radius 1 is 1.07 bits per heavy atom. The Bertz CT molecular complexity index is 856. The first-order valence-corrected chi connectivity index (χ1v) is 9.05. The average Bonchev–Trinajstić information content (AvgIpc) is 3.13. The normalized spacial score (nSPS) is 13.4. The number of rotatable bonds is 7. The van der Waals surface area contributed by atoms with Crippen molar-refractivity contribution in [2.24, 2.45) is 0 Å². The van der Waals surface area contributed by atoms with Crippen LogP contribution < -0.4 is 24.4 Å². The molecule has 0 aliphatic carbocycles. The van der Waals surface area contributed by atoms with E-state index in [-0.39, 0.29) is 18.2 Å². The van der Waals surface area contributed by atoms with Crippen molar-refractivity contribution in [3.8, 4) is 17.2 Å². The molecule has 0 radical (unpaired) electrons. The first kappa shape index (κ1) is 19.5. The summed E-state index contributed by atoms with van der Waals surface area (Å²) in [7, 11) is 4.60. The summed E-state index contributed by atoms with van der Waals surface area (Å²) in [5, 5.41) is 2.88. The van der Waals surface area contributed by atoms with E-state index in [4.69, 9.17) is 14.2 Å². The fraction of sp³-hybridized carbons (Fsp3) is 0.333. The van der Waals surface area contributed by atoms with Crippen LogP contribution in [-0.4, -0.2) is 39.7 Å². The predicted molar refractivity (Wildman–Crippen MR) is 106 cm³/mol. The highest BCUT2D eigenvalue weighted by Gasteiger charge is 2.22. The van der Waals surface area contributed by atoms with E-state index >= 15 is 0 Å². The molecule has 0 spiro atoms. The van der Waals surface area contributed by atoms with Crippen molar-refractivity contribution in [3.05, 3.63) is 42.0 Å². The maximum Gasteiger partial charge on any atom is 0.228 e. The van der Waals surface area contributed by atoms with E-state index in [1.54, 1.807) is 23.1 Å². The molecule has 7 nitrogen and oxygen atoms in total. The molecule has 7 heteroatoms. The molecule has 2 amide bonds. The summed E-state index contributed by atoms with van der Waals surface area (Å²) in [4.78, 5) is 26.2. The van der Waals surface area contributed by atoms with Gasteiger partial charge in [-0.25, -0.2) is 0 Å². The lowest BCUT2D eigenvalue weighted by atomic mass is 10.1. The van der Waals surface area contributed by atoms with Crippen LogP contribution in [0.4, 0.5) is 11.4 Å². The van der Waals surface area contributed by atoms with Crippen molar-refractivity contribution in [3.63, 3.8) is 0 Å². The van der Waals surface area contributed by atoms with Gasteiger partial charge in [0.2, 0.25) is 17.6 Å². The van der Waals surface area contributed by atoms with Gasteiger partial charge in [-0.3, -0.25) is 9.59 Å². The van der Waals surface area contributed by atoms with Gasteiger partial charge in [0, 0.05) is 24.3 Å². The molecule has 2 aromatic carbocycles. The molecule has 2 aromatic rings. The van der Waals surface area contributed by atoms with E-state index in [2.05, 4.69) is 5.32 Å². The minimum absolute atomic E-state index is 0.112. The van der Waals surface area contributed by atoms with Crippen LogP contribution in [0.25, 0.3) is 0 Å². The summed E-state index contributed by atoms with van der Waals surface area (Å²) in [5.74, 6) is 1.41. The molecule has 1 saturated heterocycles. The van der Waals surface area contributed by atoms with Gasteiger partial charge in [0.15, 0.2) is 11.5 Å². The molecule has 148 valence electrons. The van der Waals surface area contributed by atoms with Crippen molar-refractivity contribution >= 4 is 23.2 Å². The van der Waals surface area contributed by atoms with Crippen LogP contribution in [0.2, 0.25) is 0 Å². The third-order valence-corrected chi connectivity index (χ3v) is 4.60. The minimum atomic E-state index is -0.181. The van der Waals surface area contributed by atoms with Crippen molar-refractivity contribution < 1.29 is 23.8 Å². The van der Waals surface area contributed by atoms with Crippen molar-refractivity contribution in [2.45, 2.75) is 19.3 Å². The zero-order valence-electron chi connectivity index (χ0n) is 16.3. The van der Waals surface area contributed by atoms with E-state index in [0.717, 1.165) is 17.7 Å². The number of hydrogen-bond donors (Lipinski definition) is 1. The highest BCUT2D eigenvalue weighted by molar-refractivity contribution is 5.97. The second kappa shape index (κ2) is 8.65. The highest BCUT2D eigenvalue weighted by Crippen LogP contribution is 2.38. The van der Waals surface area contributed by atoms with Crippen LogP contribution >= 0.6 is 0 Å². The Hall–Kier alpha value is -3.22. The second-order valence-electron chi connectivity index (χ2n) is 6.46. The molecule has 0 saturated carbocycles. The molecule has 0 aromatic heterocycles. The first-order valence-electron chi connectivity index (χ1n) is 9.05. The Balaban J connectivity index is 1.73. The van der Waals surface area contributed by atoms with Crippen LogP contribution in [0.3, 0.4) is 0 Å². The molecule has 28 heavy (non-hydrogen) atoms. The van der Waals surface area contributed by atoms with E-state index < -0.39 is 0 Å². The van der Waals surface area contributed by atoms with E-state index in [0.29, 0.717) is 35.9 Å². The fourth-order valence-electron chi connectivity index (χ4n) is 3.30. The lowest BCUT2D eigenvalue weighted by molar-refractivity contribution is -0.117. The van der Waals surface area contributed by atoms with Gasteiger partial charge in [-0.1, -0.05) is 6.07 Å². The number of hydrogen-bond acceptors (Lipinski definition) is 5. The summed E-state index contributed by atoms with van der Waals surface area (Å²) in [5.41, 5.74) is 2.18. The van der Waals surface area contributed by atoms with Gasteiger partial charge in [-0.15, -0.1) is 0 Å². The van der Waals surface area contributed by atoms with E-state index in [9.17, 15) is 9.59 Å². The Kier molecular flexibility index (Phi) is 6.03. The van der Waals surface area contributed by atoms with Gasteiger partial charge in [0.05, 0.1) is 27.8 Å². The van der Waals surface area contributed by atoms with Gasteiger partial charge in [-0.2, -0.15) is 0 Å². The monoisotopic (exact) mass is 384 g/mol. The zero-order valence-corrected chi connectivity index (χ0v) is 16.3. The van der Waals surface area contributed by atoms with E-state index in [1.165, 1.54) is 21.3 Å². The van der Waals surface area contributed by atoms with Gasteiger partial charge in [0.1, 0.15) is 0 Å². The number of anilines is 2. The summed E-state index contributed by atoms with van der Waals surface area (Å²) in [6.07, 6.45) is 1.57. The molecule has 3 rings (SSSR count). The smallest absolute Gasteiger partial charge is 0.228 e. The van der Waals surface area contributed by atoms with Crippen LogP contribution in [0.1, 0.15) is 18.4 Å². The molecular formula is C21H24N2O5. The zero-order chi connectivity index (χ0) is 20.1. The maximum absolute atomic E-state index is 12.5. The Labute approximate surface area is 164 Å². The average molecular weight is 384 g/mol. The maximum atomic E-state index is 12.5. The Morgan fingerprint density at radius 2 is 1.79 bits per heavy atom. The summed E-state index contributed by atoms with van der Waals surface area (Å²) < 4.78 is 16.0. The van der Waals surface area contributed by atoms with Crippen molar-refractivity contribution in [2.75, 3.05) is 38.1 Å². The lowest BCUT2D eigenvalue weighted by Crippen LogP contribution is -2.23. The van der Waals surface area contributed by atoms with Gasteiger partial charge < -0.3 is 24.4 Å². The number of carbonyl (C=O) groups is 2. The van der Waals surface area contributed by atoms with Crippen LogP contribution in [-0.2, 0) is 16.0 Å². The lowest BCUT2D eigenvalue weighted by Gasteiger charge is -2.17. The van der Waals surface area contributed by atoms with Gasteiger partial charge in [-0.05, 0) is 42.3 Å².